The Kier molecular flexibility index (Phi) is 9.98. The van der Waals surface area contributed by atoms with Crippen molar-refractivity contribution in [1.29, 1.82) is 0 Å². The molecule has 2 amide bonds. The van der Waals surface area contributed by atoms with E-state index in [0.29, 0.717) is 23.7 Å². The molecule has 0 aromatic heterocycles. The van der Waals surface area contributed by atoms with Crippen LogP contribution < -0.4 is 10.1 Å². The van der Waals surface area contributed by atoms with Crippen LogP contribution in [0.1, 0.15) is 24.5 Å². The number of amides is 2. The Morgan fingerprint density at radius 2 is 1.65 bits per heavy atom. The second-order valence-electron chi connectivity index (χ2n) is 7.86. The van der Waals surface area contributed by atoms with Gasteiger partial charge in [0.1, 0.15) is 11.8 Å². The van der Waals surface area contributed by atoms with Crippen LogP contribution in [-0.4, -0.2) is 35.9 Å². The number of hydrogen-bond acceptors (Lipinski definition) is 3. The molecule has 0 spiro atoms. The summed E-state index contributed by atoms with van der Waals surface area (Å²) in [7, 11) is 0. The van der Waals surface area contributed by atoms with Gasteiger partial charge >= 0.3 is 0 Å². The number of rotatable bonds is 11. The molecule has 0 radical (unpaired) electrons. The van der Waals surface area contributed by atoms with E-state index in [4.69, 9.17) is 16.3 Å². The van der Waals surface area contributed by atoms with Crippen molar-refractivity contribution in [2.24, 2.45) is 0 Å². The smallest absolute Gasteiger partial charge is 0.261 e. The average Bonchev–Trinajstić information content (AvgIpc) is 2.85. The summed E-state index contributed by atoms with van der Waals surface area (Å²) in [5, 5.41) is 3.39. The van der Waals surface area contributed by atoms with E-state index < -0.39 is 6.04 Å². The van der Waals surface area contributed by atoms with Gasteiger partial charge in [0, 0.05) is 24.0 Å². The van der Waals surface area contributed by atoms with Crippen molar-refractivity contribution in [1.82, 2.24) is 10.2 Å². The molecular weight excluding hydrogens is 516 g/mol. The van der Waals surface area contributed by atoms with E-state index in [9.17, 15) is 9.59 Å². The number of hydrogen-bond donors (Lipinski definition) is 1. The van der Waals surface area contributed by atoms with E-state index in [0.717, 1.165) is 22.0 Å². The third kappa shape index (κ3) is 7.61. The third-order valence-electron chi connectivity index (χ3n) is 5.27. The zero-order valence-electron chi connectivity index (χ0n) is 19.0. The highest BCUT2D eigenvalue weighted by Gasteiger charge is 2.30. The minimum absolute atomic E-state index is 0.186. The van der Waals surface area contributed by atoms with Crippen molar-refractivity contribution in [2.45, 2.75) is 32.4 Å². The first-order valence-electron chi connectivity index (χ1n) is 11.2. The Labute approximate surface area is 214 Å². The van der Waals surface area contributed by atoms with E-state index in [1.165, 1.54) is 0 Å². The first kappa shape index (κ1) is 25.8. The first-order chi connectivity index (χ1) is 16.5. The third-order valence-corrected chi connectivity index (χ3v) is 6.12. The van der Waals surface area contributed by atoms with Gasteiger partial charge in [0.05, 0.1) is 5.02 Å². The molecule has 3 rings (SSSR count). The lowest BCUT2D eigenvalue weighted by atomic mass is 10.0. The zero-order valence-corrected chi connectivity index (χ0v) is 21.4. The van der Waals surface area contributed by atoms with Gasteiger partial charge in [-0.15, -0.1) is 0 Å². The van der Waals surface area contributed by atoms with Crippen LogP contribution in [0.25, 0.3) is 0 Å². The van der Waals surface area contributed by atoms with Gasteiger partial charge in [-0.05, 0) is 41.8 Å². The van der Waals surface area contributed by atoms with Gasteiger partial charge in [-0.25, -0.2) is 0 Å². The van der Waals surface area contributed by atoms with Crippen LogP contribution in [0.4, 0.5) is 0 Å². The summed E-state index contributed by atoms with van der Waals surface area (Å²) in [5.74, 6) is -0.0551. The molecule has 0 heterocycles. The second kappa shape index (κ2) is 13.2. The Bertz CT molecular complexity index is 1080. The quantitative estimate of drug-likeness (QED) is 0.340. The van der Waals surface area contributed by atoms with Crippen LogP contribution in [0.5, 0.6) is 5.75 Å². The van der Waals surface area contributed by atoms with Crippen LogP contribution in [0.15, 0.2) is 83.3 Å². The van der Waals surface area contributed by atoms with Crippen molar-refractivity contribution in [3.05, 3.63) is 99.5 Å². The number of nitrogens with one attached hydrogen (secondary N) is 1. The lowest BCUT2D eigenvalue weighted by molar-refractivity contribution is -0.142. The van der Waals surface area contributed by atoms with Gasteiger partial charge in [-0.1, -0.05) is 89.1 Å². The van der Waals surface area contributed by atoms with Crippen LogP contribution in [0.2, 0.25) is 5.02 Å². The van der Waals surface area contributed by atoms with Gasteiger partial charge in [-0.2, -0.15) is 0 Å². The summed E-state index contributed by atoms with van der Waals surface area (Å²) < 4.78 is 6.68. The number of ether oxygens (including phenoxy) is 1. The monoisotopic (exact) mass is 542 g/mol. The van der Waals surface area contributed by atoms with Crippen LogP contribution in [0.3, 0.4) is 0 Å². The number of para-hydroxylation sites is 1. The average molecular weight is 544 g/mol. The van der Waals surface area contributed by atoms with Gasteiger partial charge in [0.25, 0.3) is 5.91 Å². The summed E-state index contributed by atoms with van der Waals surface area (Å²) in [6.45, 7) is 2.58. The molecule has 5 nitrogen and oxygen atoms in total. The van der Waals surface area contributed by atoms with Gasteiger partial charge < -0.3 is 15.0 Å². The maximum atomic E-state index is 13.5. The molecule has 0 fully saturated rings. The standard InChI is InChI=1S/C27H28BrClN2O3/c1-2-16-30-27(33)24(17-20-8-4-3-5-9-20)31(18-21-12-14-22(28)15-13-21)26(32)19-34-25-11-7-6-10-23(25)29/h3-15,24H,2,16-19H2,1H3,(H,30,33)/t24-/m0/s1. The number of carbonyl (C=O) groups excluding carboxylic acids is 2. The molecule has 0 aliphatic rings. The minimum atomic E-state index is -0.694. The summed E-state index contributed by atoms with van der Waals surface area (Å²) >= 11 is 9.64. The number of benzene rings is 3. The van der Waals surface area contributed by atoms with Crippen molar-refractivity contribution in [3.63, 3.8) is 0 Å². The fraction of sp³-hybridized carbons (Fsp3) is 0.259. The molecule has 3 aromatic carbocycles. The summed E-state index contributed by atoms with van der Waals surface area (Å²) in [5.41, 5.74) is 1.88. The number of nitrogens with zero attached hydrogens (tertiary/aromatic N) is 1. The van der Waals surface area contributed by atoms with Crippen molar-refractivity contribution in [3.8, 4) is 5.75 Å². The molecule has 0 unspecified atom stereocenters. The van der Waals surface area contributed by atoms with Gasteiger partial charge in [0.15, 0.2) is 6.61 Å². The number of halogens is 2. The van der Waals surface area contributed by atoms with E-state index in [-0.39, 0.29) is 25.0 Å². The predicted octanol–water partition coefficient (Wildman–Crippen LogP) is 5.65. The maximum Gasteiger partial charge on any atom is 0.261 e. The lowest BCUT2D eigenvalue weighted by Gasteiger charge is -2.31. The molecule has 0 aliphatic carbocycles. The first-order valence-corrected chi connectivity index (χ1v) is 12.4. The highest BCUT2D eigenvalue weighted by Crippen LogP contribution is 2.23. The highest BCUT2D eigenvalue weighted by atomic mass is 79.9. The van der Waals surface area contributed by atoms with E-state index in [2.05, 4.69) is 21.2 Å². The number of carbonyl (C=O) groups is 2. The molecule has 0 saturated carbocycles. The predicted molar refractivity (Wildman–Crippen MR) is 139 cm³/mol. The van der Waals surface area contributed by atoms with E-state index >= 15 is 0 Å². The summed E-state index contributed by atoms with van der Waals surface area (Å²) in [6, 6.07) is 23.7. The van der Waals surface area contributed by atoms with Crippen LogP contribution in [-0.2, 0) is 22.6 Å². The summed E-state index contributed by atoms with van der Waals surface area (Å²) in [4.78, 5) is 28.3. The molecule has 34 heavy (non-hydrogen) atoms. The molecule has 0 aliphatic heterocycles. The van der Waals surface area contributed by atoms with Gasteiger partial charge in [-0.3, -0.25) is 9.59 Å². The molecule has 1 N–H and O–H groups in total. The minimum Gasteiger partial charge on any atom is -0.482 e. The molecule has 3 aromatic rings. The lowest BCUT2D eigenvalue weighted by Crippen LogP contribution is -2.51. The molecule has 7 heteroatoms. The van der Waals surface area contributed by atoms with Crippen molar-refractivity contribution >= 4 is 39.3 Å². The van der Waals surface area contributed by atoms with Crippen LogP contribution in [0, 0.1) is 0 Å². The Balaban J connectivity index is 1.89. The Hall–Kier alpha value is -2.83. The maximum absolute atomic E-state index is 13.5. The van der Waals surface area contributed by atoms with Crippen molar-refractivity contribution < 1.29 is 14.3 Å². The molecule has 0 saturated heterocycles. The second-order valence-corrected chi connectivity index (χ2v) is 9.19. The van der Waals surface area contributed by atoms with E-state index in [1.807, 2.05) is 61.5 Å². The molecule has 1 atom stereocenters. The largest absolute Gasteiger partial charge is 0.482 e. The topological polar surface area (TPSA) is 58.6 Å². The summed E-state index contributed by atoms with van der Waals surface area (Å²) in [6.07, 6.45) is 1.20. The zero-order chi connectivity index (χ0) is 24.3. The fourth-order valence-corrected chi connectivity index (χ4v) is 3.95. The molecular formula is C27H28BrClN2O3. The van der Waals surface area contributed by atoms with E-state index in [1.54, 1.807) is 29.2 Å². The highest BCUT2D eigenvalue weighted by molar-refractivity contribution is 9.10. The van der Waals surface area contributed by atoms with Gasteiger partial charge in [0.2, 0.25) is 5.91 Å². The Morgan fingerprint density at radius 1 is 0.971 bits per heavy atom. The van der Waals surface area contributed by atoms with Crippen molar-refractivity contribution in [2.75, 3.05) is 13.2 Å². The molecule has 178 valence electrons. The normalized spacial score (nSPS) is 11.5. The Morgan fingerprint density at radius 3 is 2.32 bits per heavy atom. The van der Waals surface area contributed by atoms with Crippen LogP contribution >= 0.6 is 27.5 Å². The fourth-order valence-electron chi connectivity index (χ4n) is 3.49. The molecule has 0 bridgehead atoms. The SMILES string of the molecule is CCCNC(=O)[C@H](Cc1ccccc1)N(Cc1ccc(Br)cc1)C(=O)COc1ccccc1Cl.